The van der Waals surface area contributed by atoms with E-state index in [0.29, 0.717) is 23.9 Å². The third-order valence-electron chi connectivity index (χ3n) is 6.99. The van der Waals surface area contributed by atoms with E-state index in [9.17, 15) is 4.79 Å². The van der Waals surface area contributed by atoms with Crippen molar-refractivity contribution in [1.82, 2.24) is 30.1 Å². The number of piperidine rings is 1. The number of methoxy groups -OCH3 is 1. The minimum atomic E-state index is -0.333. The summed E-state index contributed by atoms with van der Waals surface area (Å²) in [5.74, 6) is 2.03. The van der Waals surface area contributed by atoms with Crippen LogP contribution >= 0.6 is 0 Å². The number of H-pyrrole nitrogens is 1. The molecule has 3 heterocycles. The molecular formula is C27H32N6O2. The van der Waals surface area contributed by atoms with Crippen LogP contribution in [0.3, 0.4) is 0 Å². The number of pyridine rings is 1. The average molecular weight is 473 g/mol. The number of rotatable bonds is 6. The van der Waals surface area contributed by atoms with Crippen molar-refractivity contribution in [2.75, 3.05) is 20.2 Å². The number of nitrogens with zero attached hydrogens (tertiary/aromatic N) is 5. The summed E-state index contributed by atoms with van der Waals surface area (Å²) in [5.41, 5.74) is 4.78. The Morgan fingerprint density at radius 2 is 1.97 bits per heavy atom. The van der Waals surface area contributed by atoms with Gasteiger partial charge in [-0.15, -0.1) is 5.10 Å². The smallest absolute Gasteiger partial charge is 0.253 e. The van der Waals surface area contributed by atoms with E-state index in [4.69, 9.17) is 4.74 Å². The van der Waals surface area contributed by atoms with E-state index >= 15 is 0 Å². The molecule has 8 nitrogen and oxygen atoms in total. The van der Waals surface area contributed by atoms with E-state index in [1.54, 1.807) is 7.11 Å². The van der Waals surface area contributed by atoms with Gasteiger partial charge in [0.25, 0.3) is 5.56 Å². The third kappa shape index (κ3) is 4.71. The number of ether oxygens (including phenoxy) is 1. The zero-order chi connectivity index (χ0) is 24.5. The molecule has 1 fully saturated rings. The Labute approximate surface area is 204 Å². The lowest BCUT2D eigenvalue weighted by Gasteiger charge is -2.36. The minimum absolute atomic E-state index is 0.0928. The average Bonchev–Trinajstić information content (AvgIpc) is 3.28. The molecule has 4 aromatic rings. The maximum atomic E-state index is 13.5. The lowest BCUT2D eigenvalue weighted by molar-refractivity contribution is 0.141. The molecule has 0 bridgehead atoms. The van der Waals surface area contributed by atoms with Gasteiger partial charge in [0, 0.05) is 23.0 Å². The van der Waals surface area contributed by atoms with E-state index in [-0.39, 0.29) is 11.6 Å². The zero-order valence-electron chi connectivity index (χ0n) is 20.8. The topological polar surface area (TPSA) is 88.9 Å². The van der Waals surface area contributed by atoms with Crippen LogP contribution in [0.2, 0.25) is 0 Å². The molecule has 1 aliphatic heterocycles. The van der Waals surface area contributed by atoms with E-state index in [2.05, 4.69) is 45.3 Å². The first-order valence-corrected chi connectivity index (χ1v) is 12.2. The number of nitrogens with one attached hydrogen (secondary N) is 1. The van der Waals surface area contributed by atoms with Crippen LogP contribution in [-0.4, -0.2) is 50.3 Å². The van der Waals surface area contributed by atoms with E-state index < -0.39 is 0 Å². The predicted molar refractivity (Wildman–Crippen MR) is 136 cm³/mol. The number of benzene rings is 2. The molecule has 0 aliphatic carbocycles. The van der Waals surface area contributed by atoms with E-state index in [1.807, 2.05) is 48.0 Å². The number of tetrazole rings is 1. The number of likely N-dealkylation sites (tertiary alicyclic amines) is 1. The molecule has 35 heavy (non-hydrogen) atoms. The van der Waals surface area contributed by atoms with Gasteiger partial charge in [0.05, 0.1) is 13.7 Å². The van der Waals surface area contributed by atoms with Crippen LogP contribution in [0.4, 0.5) is 0 Å². The monoisotopic (exact) mass is 472 g/mol. The molecule has 0 amide bonds. The lowest BCUT2D eigenvalue weighted by atomic mass is 9.95. The minimum Gasteiger partial charge on any atom is -0.497 e. The SMILES string of the molecule is COc1ccc(Cn2nnnc2[C@H](c2cc3c(C)cc(C)cc3[nH]c2=O)N2CCC[C@@H](C)C2)cc1. The number of hydrogen-bond donors (Lipinski definition) is 1. The molecule has 8 heteroatoms. The van der Waals surface area contributed by atoms with Crippen LogP contribution in [0.1, 0.15) is 53.9 Å². The maximum absolute atomic E-state index is 13.5. The number of fused-ring (bicyclic) bond motifs is 1. The molecular weight excluding hydrogens is 440 g/mol. The highest BCUT2D eigenvalue weighted by atomic mass is 16.5. The fourth-order valence-corrected chi connectivity index (χ4v) is 5.28. The summed E-state index contributed by atoms with van der Waals surface area (Å²) < 4.78 is 7.10. The van der Waals surface area contributed by atoms with Gasteiger partial charge in [-0.1, -0.05) is 25.1 Å². The second kappa shape index (κ2) is 9.62. The highest BCUT2D eigenvalue weighted by Crippen LogP contribution is 2.32. The van der Waals surface area contributed by atoms with Crippen molar-refractivity contribution in [1.29, 1.82) is 0 Å². The van der Waals surface area contributed by atoms with Crippen LogP contribution in [0.25, 0.3) is 10.9 Å². The van der Waals surface area contributed by atoms with Crippen molar-refractivity contribution in [2.45, 2.75) is 46.2 Å². The van der Waals surface area contributed by atoms with Gasteiger partial charge >= 0.3 is 0 Å². The van der Waals surface area contributed by atoms with Gasteiger partial charge in [-0.05, 0) is 90.5 Å². The number of hydrogen-bond acceptors (Lipinski definition) is 6. The molecule has 1 N–H and O–H groups in total. The van der Waals surface area contributed by atoms with Crippen molar-refractivity contribution < 1.29 is 4.74 Å². The fourth-order valence-electron chi connectivity index (χ4n) is 5.28. The molecule has 182 valence electrons. The molecule has 0 unspecified atom stereocenters. The van der Waals surface area contributed by atoms with Gasteiger partial charge in [-0.3, -0.25) is 9.69 Å². The second-order valence-corrected chi connectivity index (χ2v) is 9.78. The Morgan fingerprint density at radius 3 is 2.71 bits per heavy atom. The van der Waals surface area contributed by atoms with Crippen molar-refractivity contribution in [3.8, 4) is 5.75 Å². The largest absolute Gasteiger partial charge is 0.497 e. The predicted octanol–water partition coefficient (Wildman–Crippen LogP) is 4.01. The summed E-state index contributed by atoms with van der Waals surface area (Å²) in [4.78, 5) is 19.0. The summed E-state index contributed by atoms with van der Waals surface area (Å²) in [5, 5.41) is 13.9. The number of aromatic amines is 1. The Bertz CT molecular complexity index is 1390. The first-order chi connectivity index (χ1) is 16.9. The van der Waals surface area contributed by atoms with Crippen LogP contribution in [0.5, 0.6) is 5.75 Å². The van der Waals surface area contributed by atoms with Crippen molar-refractivity contribution >= 4 is 10.9 Å². The Kier molecular flexibility index (Phi) is 6.38. The zero-order valence-corrected chi connectivity index (χ0v) is 20.8. The van der Waals surface area contributed by atoms with Crippen LogP contribution in [0, 0.1) is 19.8 Å². The van der Waals surface area contributed by atoms with Gasteiger partial charge in [0.2, 0.25) is 0 Å². The molecule has 1 aliphatic rings. The standard InChI is InChI=1S/C27H32N6O2/c1-17-6-5-11-32(15-17)25(23-14-22-19(3)12-18(2)13-24(22)28-27(23)34)26-29-30-31-33(26)16-20-7-9-21(35-4)10-8-20/h7-10,12-14,17,25H,5-6,11,15-16H2,1-4H3,(H,28,34)/t17-,25+/m1/s1. The number of aromatic nitrogens is 5. The first-order valence-electron chi connectivity index (χ1n) is 12.2. The van der Waals surface area contributed by atoms with Gasteiger partial charge < -0.3 is 9.72 Å². The summed E-state index contributed by atoms with van der Waals surface area (Å²) in [7, 11) is 1.66. The molecule has 0 saturated carbocycles. The summed E-state index contributed by atoms with van der Waals surface area (Å²) in [6.07, 6.45) is 2.27. The van der Waals surface area contributed by atoms with Gasteiger partial charge in [0.1, 0.15) is 11.8 Å². The molecule has 0 spiro atoms. The second-order valence-electron chi connectivity index (χ2n) is 9.78. The van der Waals surface area contributed by atoms with Crippen LogP contribution in [-0.2, 0) is 6.54 Å². The quantitative estimate of drug-likeness (QED) is 0.456. The van der Waals surface area contributed by atoms with Crippen molar-refractivity contribution in [3.63, 3.8) is 0 Å². The first kappa shape index (κ1) is 23.2. The Hall–Kier alpha value is -3.52. The molecule has 5 rings (SSSR count). The maximum Gasteiger partial charge on any atom is 0.253 e. The van der Waals surface area contributed by atoms with E-state index in [1.165, 1.54) is 6.42 Å². The van der Waals surface area contributed by atoms with Crippen LogP contribution < -0.4 is 10.3 Å². The summed E-state index contributed by atoms with van der Waals surface area (Å²) in [6.45, 7) is 8.70. The molecule has 1 saturated heterocycles. The van der Waals surface area contributed by atoms with Gasteiger partial charge in [0.15, 0.2) is 5.82 Å². The summed E-state index contributed by atoms with van der Waals surface area (Å²) in [6, 6.07) is 13.8. The third-order valence-corrected chi connectivity index (χ3v) is 6.99. The molecule has 2 aromatic carbocycles. The number of aryl methyl sites for hydroxylation is 2. The van der Waals surface area contributed by atoms with Crippen molar-refractivity contribution in [3.05, 3.63) is 80.9 Å². The van der Waals surface area contributed by atoms with Crippen LogP contribution in [0.15, 0.2) is 47.3 Å². The Morgan fingerprint density at radius 1 is 1.17 bits per heavy atom. The van der Waals surface area contributed by atoms with E-state index in [0.717, 1.165) is 52.9 Å². The highest BCUT2D eigenvalue weighted by Gasteiger charge is 2.33. The highest BCUT2D eigenvalue weighted by molar-refractivity contribution is 5.83. The normalized spacial score (nSPS) is 17.5. The fraction of sp³-hybridized carbons (Fsp3) is 0.407. The molecule has 2 aromatic heterocycles. The summed E-state index contributed by atoms with van der Waals surface area (Å²) >= 11 is 0. The van der Waals surface area contributed by atoms with Gasteiger partial charge in [-0.2, -0.15) is 0 Å². The Balaban J connectivity index is 1.61. The molecule has 0 radical (unpaired) electrons. The lowest BCUT2D eigenvalue weighted by Crippen LogP contribution is -2.41. The molecule has 2 atom stereocenters. The van der Waals surface area contributed by atoms with Gasteiger partial charge in [-0.25, -0.2) is 4.68 Å². The van der Waals surface area contributed by atoms with Crippen molar-refractivity contribution in [2.24, 2.45) is 5.92 Å².